The molecular formula is C18H19Cl2FN2O4S. The third-order valence-corrected chi connectivity index (χ3v) is 5.68. The van der Waals surface area contributed by atoms with Crippen LogP contribution in [0.5, 0.6) is 5.88 Å². The molecule has 0 saturated carbocycles. The van der Waals surface area contributed by atoms with Gasteiger partial charge in [0.1, 0.15) is 9.84 Å². The van der Waals surface area contributed by atoms with Crippen molar-refractivity contribution in [2.24, 2.45) is 0 Å². The average molecular weight is 449 g/mol. The third-order valence-electron chi connectivity index (χ3n) is 4.06. The highest BCUT2D eigenvalue weighted by atomic mass is 35.5. The van der Waals surface area contributed by atoms with E-state index in [0.29, 0.717) is 15.6 Å². The van der Waals surface area contributed by atoms with Crippen molar-refractivity contribution in [3.05, 3.63) is 57.7 Å². The molecular weight excluding hydrogens is 430 g/mol. The summed E-state index contributed by atoms with van der Waals surface area (Å²) in [5.41, 5.74) is -2.47. The van der Waals surface area contributed by atoms with E-state index in [9.17, 15) is 18.3 Å². The molecule has 1 atom stereocenters. The second kappa shape index (κ2) is 9.07. The molecule has 1 amide bonds. The van der Waals surface area contributed by atoms with Crippen LogP contribution in [-0.2, 0) is 26.8 Å². The van der Waals surface area contributed by atoms with Gasteiger partial charge in [-0.15, -0.1) is 0 Å². The first-order valence-electron chi connectivity index (χ1n) is 8.26. The van der Waals surface area contributed by atoms with Gasteiger partial charge in [-0.25, -0.2) is 17.8 Å². The van der Waals surface area contributed by atoms with Crippen molar-refractivity contribution in [3.63, 3.8) is 0 Å². The summed E-state index contributed by atoms with van der Waals surface area (Å²) < 4.78 is 38.5. The predicted octanol–water partition coefficient (Wildman–Crippen LogP) is 3.40. The average Bonchev–Trinajstić information content (AvgIpc) is 2.59. The van der Waals surface area contributed by atoms with Gasteiger partial charge in [0.2, 0.25) is 11.5 Å². The number of hydrogen-bond acceptors (Lipinski definition) is 5. The van der Waals surface area contributed by atoms with Gasteiger partial charge in [0.25, 0.3) is 5.91 Å². The zero-order chi connectivity index (χ0) is 20.9. The highest BCUT2D eigenvalue weighted by molar-refractivity contribution is 7.90. The van der Waals surface area contributed by atoms with Crippen LogP contribution in [0, 0.1) is 0 Å². The second-order valence-corrected chi connectivity index (χ2v) is 9.43. The van der Waals surface area contributed by atoms with Crippen LogP contribution < -0.4 is 5.32 Å². The molecule has 0 bridgehead atoms. The minimum atomic E-state index is -3.34. The maximum Gasteiger partial charge on any atom is 0.262 e. The van der Waals surface area contributed by atoms with Gasteiger partial charge in [0.05, 0.1) is 11.3 Å². The summed E-state index contributed by atoms with van der Waals surface area (Å²) >= 11 is 11.9. The molecule has 0 spiro atoms. The smallest absolute Gasteiger partial charge is 0.262 e. The Morgan fingerprint density at radius 3 is 2.64 bits per heavy atom. The molecule has 0 unspecified atom stereocenters. The number of rotatable bonds is 8. The van der Waals surface area contributed by atoms with Crippen molar-refractivity contribution in [1.29, 1.82) is 0 Å². The van der Waals surface area contributed by atoms with Crippen LogP contribution >= 0.6 is 23.2 Å². The van der Waals surface area contributed by atoms with Crippen molar-refractivity contribution in [2.75, 3.05) is 12.0 Å². The first-order chi connectivity index (χ1) is 13.0. The first-order valence-corrected chi connectivity index (χ1v) is 11.1. The Morgan fingerprint density at radius 1 is 1.32 bits per heavy atom. The van der Waals surface area contributed by atoms with Crippen molar-refractivity contribution in [2.45, 2.75) is 25.1 Å². The van der Waals surface area contributed by atoms with Crippen LogP contribution in [0.3, 0.4) is 0 Å². The zero-order valence-electron chi connectivity index (χ0n) is 15.0. The number of nitrogens with zero attached hydrogens (tertiary/aromatic N) is 1. The maximum absolute atomic E-state index is 15.8. The lowest BCUT2D eigenvalue weighted by Gasteiger charge is -2.25. The lowest BCUT2D eigenvalue weighted by molar-refractivity contribution is -0.134. The summed E-state index contributed by atoms with van der Waals surface area (Å²) in [6.07, 6.45) is 1.72. The zero-order valence-corrected chi connectivity index (χ0v) is 17.3. The van der Waals surface area contributed by atoms with E-state index in [1.807, 2.05) is 0 Å². The normalized spacial score (nSPS) is 13.7. The van der Waals surface area contributed by atoms with E-state index < -0.39 is 33.7 Å². The summed E-state index contributed by atoms with van der Waals surface area (Å²) in [6, 6.07) is 7.28. The number of carbonyl (C=O) groups excluding carboxylic acids is 1. The number of amides is 1. The molecule has 6 nitrogen and oxygen atoms in total. The Labute approximate surface area is 172 Å². The van der Waals surface area contributed by atoms with Gasteiger partial charge in [-0.2, -0.15) is 0 Å². The monoisotopic (exact) mass is 448 g/mol. The van der Waals surface area contributed by atoms with Gasteiger partial charge in [0, 0.05) is 29.0 Å². The molecule has 10 heteroatoms. The van der Waals surface area contributed by atoms with E-state index in [0.717, 1.165) is 6.26 Å². The molecule has 0 fully saturated rings. The van der Waals surface area contributed by atoms with Crippen LogP contribution in [0.25, 0.3) is 0 Å². The standard InChI is InChI=1S/C18H19Cl2FN2O4S/c1-28(26,27)9-3-7-18(21,14-4-2-8-22-16(14)24)17(25)23-11-12-5-6-13(19)10-15(12)20/h2,4-6,8,10H,3,7,9,11H2,1H3,(H,22,24)(H,23,25)/t18-/m0/s1. The SMILES string of the molecule is CS(=O)(=O)CCC[C@@](F)(C(=O)NCc1ccc(Cl)cc1Cl)c1cccnc1O. The fourth-order valence-corrected chi connectivity index (χ4v) is 3.78. The Hall–Kier alpha value is -1.90. The summed E-state index contributed by atoms with van der Waals surface area (Å²) in [4.78, 5) is 16.3. The topological polar surface area (TPSA) is 96.4 Å². The fourth-order valence-electron chi connectivity index (χ4n) is 2.64. The van der Waals surface area contributed by atoms with E-state index in [-0.39, 0.29) is 24.3 Å². The Balaban J connectivity index is 2.24. The van der Waals surface area contributed by atoms with Crippen LogP contribution in [0.4, 0.5) is 4.39 Å². The quantitative estimate of drug-likeness (QED) is 0.644. The minimum Gasteiger partial charge on any atom is -0.493 e. The number of sulfone groups is 1. The Morgan fingerprint density at radius 2 is 2.04 bits per heavy atom. The minimum absolute atomic E-state index is 0.0758. The van der Waals surface area contributed by atoms with Gasteiger partial charge in [0.15, 0.2) is 0 Å². The number of aromatic hydroxyl groups is 1. The summed E-state index contributed by atoms with van der Waals surface area (Å²) in [5, 5.41) is 13.1. The maximum atomic E-state index is 15.8. The lowest BCUT2D eigenvalue weighted by Crippen LogP contribution is -2.41. The van der Waals surface area contributed by atoms with E-state index in [4.69, 9.17) is 23.2 Å². The van der Waals surface area contributed by atoms with Crippen LogP contribution in [0.15, 0.2) is 36.5 Å². The van der Waals surface area contributed by atoms with Gasteiger partial charge in [-0.1, -0.05) is 29.3 Å². The van der Waals surface area contributed by atoms with Gasteiger partial charge in [-0.3, -0.25) is 4.79 Å². The number of benzene rings is 1. The highest BCUT2D eigenvalue weighted by Gasteiger charge is 2.42. The van der Waals surface area contributed by atoms with Crippen molar-refractivity contribution in [1.82, 2.24) is 10.3 Å². The Kier molecular flexibility index (Phi) is 7.25. The van der Waals surface area contributed by atoms with E-state index >= 15 is 4.39 Å². The summed E-state index contributed by atoms with van der Waals surface area (Å²) in [5.74, 6) is -1.96. The number of pyridine rings is 1. The lowest BCUT2D eigenvalue weighted by atomic mass is 9.90. The second-order valence-electron chi connectivity index (χ2n) is 6.33. The molecule has 0 aliphatic heterocycles. The highest BCUT2D eigenvalue weighted by Crippen LogP contribution is 2.36. The molecule has 1 aromatic heterocycles. The number of nitrogens with one attached hydrogen (secondary N) is 1. The van der Waals surface area contributed by atoms with E-state index in [2.05, 4.69) is 10.3 Å². The largest absolute Gasteiger partial charge is 0.493 e. The molecule has 2 rings (SSSR count). The van der Waals surface area contributed by atoms with Crippen LogP contribution in [0.1, 0.15) is 24.0 Å². The van der Waals surface area contributed by atoms with Crippen molar-refractivity contribution in [3.8, 4) is 5.88 Å². The first kappa shape index (κ1) is 22.4. The fraction of sp³-hybridized carbons (Fsp3) is 0.333. The number of carbonyl (C=O) groups is 1. The van der Waals surface area contributed by atoms with Crippen molar-refractivity contribution < 1.29 is 22.7 Å². The molecule has 2 aromatic rings. The molecule has 152 valence electrons. The number of hydrogen-bond donors (Lipinski definition) is 2. The number of alkyl halides is 1. The number of halogens is 3. The Bertz CT molecular complexity index is 972. The molecule has 0 radical (unpaired) electrons. The van der Waals surface area contributed by atoms with Crippen molar-refractivity contribution >= 4 is 38.9 Å². The van der Waals surface area contributed by atoms with Crippen LogP contribution in [-0.4, -0.2) is 36.4 Å². The van der Waals surface area contributed by atoms with Gasteiger partial charge < -0.3 is 10.4 Å². The molecule has 28 heavy (non-hydrogen) atoms. The van der Waals surface area contributed by atoms with E-state index in [1.165, 1.54) is 24.4 Å². The molecule has 2 N–H and O–H groups in total. The van der Waals surface area contributed by atoms with Crippen LogP contribution in [0.2, 0.25) is 10.0 Å². The molecule has 0 aliphatic rings. The molecule has 1 aromatic carbocycles. The molecule has 0 saturated heterocycles. The van der Waals surface area contributed by atoms with Gasteiger partial charge >= 0.3 is 0 Å². The molecule has 1 heterocycles. The third kappa shape index (κ3) is 5.80. The molecule has 0 aliphatic carbocycles. The van der Waals surface area contributed by atoms with E-state index in [1.54, 1.807) is 12.1 Å². The number of aromatic nitrogens is 1. The predicted molar refractivity (Wildman–Crippen MR) is 106 cm³/mol. The van der Waals surface area contributed by atoms with Gasteiger partial charge in [-0.05, 0) is 42.7 Å². The summed E-state index contributed by atoms with van der Waals surface area (Å²) in [6.45, 7) is -0.0758. The summed E-state index contributed by atoms with van der Waals surface area (Å²) in [7, 11) is -3.34.